The van der Waals surface area contributed by atoms with Gasteiger partial charge in [0.05, 0.1) is 11.0 Å². The minimum Gasteiger partial charge on any atom is -0.380 e. The Balaban J connectivity index is 1.66. The number of nitrogens with zero attached hydrogens (tertiary/aromatic N) is 2. The van der Waals surface area contributed by atoms with E-state index in [1.165, 1.54) is 5.56 Å². The Kier molecular flexibility index (Phi) is 4.94. The van der Waals surface area contributed by atoms with Gasteiger partial charge in [-0.25, -0.2) is 0 Å². The second-order valence-corrected chi connectivity index (χ2v) is 7.87. The fraction of sp³-hybridized carbons (Fsp3) is 0.0400. The van der Waals surface area contributed by atoms with Crippen molar-refractivity contribution in [3.8, 4) is 28.0 Å². The fourth-order valence-corrected chi connectivity index (χ4v) is 4.11. The van der Waals surface area contributed by atoms with Crippen LogP contribution in [0.3, 0.4) is 0 Å². The van der Waals surface area contributed by atoms with Crippen molar-refractivity contribution in [2.24, 2.45) is 0 Å². The average Bonchev–Trinajstić information content (AvgIpc) is 2.79. The van der Waals surface area contributed by atoms with Crippen LogP contribution in [0.25, 0.3) is 44.1 Å². The van der Waals surface area contributed by atoms with Crippen molar-refractivity contribution in [3.05, 3.63) is 90.8 Å². The summed E-state index contributed by atoms with van der Waals surface area (Å²) >= 11 is -2.34. The Bertz CT molecular complexity index is 1430. The van der Waals surface area contributed by atoms with E-state index in [1.807, 2.05) is 30.5 Å². The Morgan fingerprint density at radius 1 is 0.710 bits per heavy atom. The second kappa shape index (κ2) is 7.91. The number of aromatic nitrogens is 2. The molecular formula is C25H18N2O3S. The molecule has 2 heterocycles. The lowest BCUT2D eigenvalue weighted by molar-refractivity contribution is 0.458. The molecule has 152 valence electrons. The first-order chi connectivity index (χ1) is 15.1. The summed E-state index contributed by atoms with van der Waals surface area (Å²) in [6.07, 6.45) is 3.61. The van der Waals surface area contributed by atoms with Gasteiger partial charge in [0.15, 0.2) is 0 Å². The van der Waals surface area contributed by atoms with Gasteiger partial charge in [0.1, 0.15) is 5.75 Å². The second-order valence-electron chi connectivity index (χ2n) is 7.27. The van der Waals surface area contributed by atoms with Gasteiger partial charge >= 0.3 is 11.4 Å². The van der Waals surface area contributed by atoms with Crippen molar-refractivity contribution in [3.63, 3.8) is 0 Å². The zero-order valence-corrected chi connectivity index (χ0v) is 17.5. The maximum atomic E-state index is 10.8. The molecule has 1 N–H and O–H groups in total. The summed E-state index contributed by atoms with van der Waals surface area (Å²) in [5.74, 6) is 0.331. The van der Waals surface area contributed by atoms with Crippen molar-refractivity contribution < 1.29 is 12.9 Å². The number of rotatable bonds is 4. The number of fused-ring (bicyclic) bond motifs is 3. The standard InChI is InChI=1S/C25H18N2O3S/c1-16-2-4-17(5-3-16)20-12-14-26-24-22(20)10-11-23-21(13-15-27-25(23)24)18-6-8-19(9-7-18)30-31(28)29/h2-15H,1H3,(H,28,29). The quantitative estimate of drug-likeness (QED) is 0.284. The topological polar surface area (TPSA) is 72.3 Å². The highest BCUT2D eigenvalue weighted by Crippen LogP contribution is 2.35. The maximum Gasteiger partial charge on any atom is 0.357 e. The Morgan fingerprint density at radius 2 is 1.19 bits per heavy atom. The van der Waals surface area contributed by atoms with Gasteiger partial charge in [-0.1, -0.05) is 54.1 Å². The Labute approximate surface area is 181 Å². The molecule has 5 aromatic rings. The van der Waals surface area contributed by atoms with Gasteiger partial charge in [-0.15, -0.1) is 0 Å². The average molecular weight is 426 g/mol. The third-order valence-electron chi connectivity index (χ3n) is 5.32. The normalized spacial score (nSPS) is 12.2. The van der Waals surface area contributed by atoms with Crippen LogP contribution in [0.1, 0.15) is 5.56 Å². The number of hydrogen-bond acceptors (Lipinski definition) is 4. The van der Waals surface area contributed by atoms with Gasteiger partial charge in [0.25, 0.3) is 0 Å². The summed E-state index contributed by atoms with van der Waals surface area (Å²) in [5.41, 5.74) is 7.14. The highest BCUT2D eigenvalue weighted by molar-refractivity contribution is 7.74. The van der Waals surface area contributed by atoms with Crippen LogP contribution < -0.4 is 4.18 Å². The first-order valence-corrected chi connectivity index (χ1v) is 10.8. The molecule has 3 aromatic carbocycles. The zero-order chi connectivity index (χ0) is 21.4. The van der Waals surface area contributed by atoms with E-state index in [9.17, 15) is 4.21 Å². The number of aryl methyl sites for hydroxylation is 1. The lowest BCUT2D eigenvalue weighted by atomic mass is 9.96. The third kappa shape index (κ3) is 3.67. The van der Waals surface area contributed by atoms with Crippen LogP contribution in [0, 0.1) is 6.92 Å². The predicted octanol–water partition coefficient (Wildman–Crippen LogP) is 5.94. The van der Waals surface area contributed by atoms with Crippen LogP contribution >= 0.6 is 0 Å². The van der Waals surface area contributed by atoms with Crippen LogP contribution in [0.4, 0.5) is 0 Å². The Hall–Kier alpha value is -3.61. The molecule has 31 heavy (non-hydrogen) atoms. The van der Waals surface area contributed by atoms with E-state index < -0.39 is 11.4 Å². The summed E-state index contributed by atoms with van der Waals surface area (Å²) < 4.78 is 24.5. The molecule has 2 aromatic heterocycles. The largest absolute Gasteiger partial charge is 0.380 e. The van der Waals surface area contributed by atoms with E-state index in [0.717, 1.165) is 44.1 Å². The van der Waals surface area contributed by atoms with Gasteiger partial charge in [-0.05, 0) is 53.4 Å². The van der Waals surface area contributed by atoms with E-state index in [0.29, 0.717) is 5.75 Å². The third-order valence-corrected chi connectivity index (χ3v) is 5.65. The number of pyridine rings is 2. The van der Waals surface area contributed by atoms with E-state index in [-0.39, 0.29) is 0 Å². The molecule has 0 saturated carbocycles. The first-order valence-electron chi connectivity index (χ1n) is 9.73. The van der Waals surface area contributed by atoms with E-state index in [4.69, 9.17) is 8.74 Å². The highest BCUT2D eigenvalue weighted by atomic mass is 32.2. The van der Waals surface area contributed by atoms with Crippen LogP contribution in [0.2, 0.25) is 0 Å². The van der Waals surface area contributed by atoms with Crippen LogP contribution in [0.15, 0.2) is 85.2 Å². The van der Waals surface area contributed by atoms with Crippen LogP contribution in [-0.2, 0) is 11.4 Å². The summed E-state index contributed by atoms with van der Waals surface area (Å²) in [4.78, 5) is 9.29. The van der Waals surface area contributed by atoms with Crippen molar-refractivity contribution in [1.29, 1.82) is 0 Å². The molecule has 0 fully saturated rings. The number of hydrogen-bond donors (Lipinski definition) is 1. The minimum atomic E-state index is -2.34. The molecule has 0 aliphatic carbocycles. The lowest BCUT2D eigenvalue weighted by Crippen LogP contribution is -1.97. The molecule has 0 aliphatic heterocycles. The smallest absolute Gasteiger partial charge is 0.357 e. The zero-order valence-electron chi connectivity index (χ0n) is 16.6. The molecule has 0 saturated heterocycles. The molecule has 1 atom stereocenters. The Morgan fingerprint density at radius 3 is 1.68 bits per heavy atom. The van der Waals surface area contributed by atoms with Gasteiger partial charge < -0.3 is 4.18 Å². The molecular weight excluding hydrogens is 408 g/mol. The molecule has 0 amide bonds. The molecule has 0 bridgehead atoms. The SMILES string of the molecule is Cc1ccc(-c2ccnc3c2ccc2c(-c4ccc(OS(=O)O)cc4)ccnc23)cc1. The van der Waals surface area contributed by atoms with Crippen LogP contribution in [0.5, 0.6) is 5.75 Å². The van der Waals surface area contributed by atoms with E-state index >= 15 is 0 Å². The summed E-state index contributed by atoms with van der Waals surface area (Å²) in [7, 11) is 0. The van der Waals surface area contributed by atoms with Crippen molar-refractivity contribution in [2.75, 3.05) is 0 Å². The molecule has 1 unspecified atom stereocenters. The van der Waals surface area contributed by atoms with E-state index in [2.05, 4.69) is 53.3 Å². The molecule has 0 radical (unpaired) electrons. The molecule has 5 nitrogen and oxygen atoms in total. The highest BCUT2D eigenvalue weighted by Gasteiger charge is 2.12. The summed E-state index contributed by atoms with van der Waals surface area (Å²) in [6, 6.07) is 23.7. The monoisotopic (exact) mass is 426 g/mol. The van der Waals surface area contributed by atoms with E-state index in [1.54, 1.807) is 18.3 Å². The molecule has 0 aliphatic rings. The number of benzene rings is 3. The van der Waals surface area contributed by atoms with Gasteiger partial charge in [0, 0.05) is 23.2 Å². The van der Waals surface area contributed by atoms with Gasteiger partial charge in [-0.2, -0.15) is 4.21 Å². The minimum absolute atomic E-state index is 0.331. The van der Waals surface area contributed by atoms with Gasteiger partial charge in [-0.3, -0.25) is 14.5 Å². The van der Waals surface area contributed by atoms with Crippen molar-refractivity contribution >= 4 is 33.2 Å². The predicted molar refractivity (Wildman–Crippen MR) is 124 cm³/mol. The first kappa shape index (κ1) is 19.4. The van der Waals surface area contributed by atoms with Crippen molar-refractivity contribution in [1.82, 2.24) is 9.97 Å². The molecule has 5 rings (SSSR count). The maximum absolute atomic E-state index is 10.8. The fourth-order valence-electron chi connectivity index (χ4n) is 3.84. The van der Waals surface area contributed by atoms with Crippen LogP contribution in [-0.4, -0.2) is 18.7 Å². The lowest BCUT2D eigenvalue weighted by Gasteiger charge is -2.11. The molecule has 0 spiro atoms. The summed E-state index contributed by atoms with van der Waals surface area (Å²) in [5, 5.41) is 2.04. The molecule has 6 heteroatoms. The van der Waals surface area contributed by atoms with Gasteiger partial charge in [0.2, 0.25) is 0 Å². The summed E-state index contributed by atoms with van der Waals surface area (Å²) in [6.45, 7) is 2.08. The van der Waals surface area contributed by atoms with Crippen molar-refractivity contribution in [2.45, 2.75) is 6.92 Å².